The largest absolute Gasteiger partial charge is 0.436 e. The summed E-state index contributed by atoms with van der Waals surface area (Å²) in [6.45, 7) is 5.32. The lowest BCUT2D eigenvalue weighted by molar-refractivity contribution is -0.140. The number of nitrogens with one attached hydrogen (secondary N) is 3. The normalized spacial score (nSPS) is 15.7. The van der Waals surface area contributed by atoms with Crippen LogP contribution in [-0.4, -0.2) is 93.7 Å². The molecule has 1 aliphatic heterocycles. The van der Waals surface area contributed by atoms with Gasteiger partial charge in [0.15, 0.2) is 5.76 Å². The average Bonchev–Trinajstić information content (AvgIpc) is 4.02. The molecule has 1 aliphatic rings. The third-order valence-electron chi connectivity index (χ3n) is 11.0. The second kappa shape index (κ2) is 18.0. The van der Waals surface area contributed by atoms with E-state index in [1.165, 1.54) is 0 Å². The van der Waals surface area contributed by atoms with E-state index in [4.69, 9.17) is 9.40 Å². The number of aromatic amines is 1. The summed E-state index contributed by atoms with van der Waals surface area (Å²) in [7, 11) is 5.67. The molecule has 3 N–H and O–H groups in total. The highest BCUT2D eigenvalue weighted by Crippen LogP contribution is 2.32. The molecule has 0 saturated carbocycles. The number of hydrogen-bond donors (Lipinski definition) is 3. The van der Waals surface area contributed by atoms with Crippen LogP contribution >= 0.6 is 0 Å². The van der Waals surface area contributed by atoms with Crippen LogP contribution in [0.15, 0.2) is 114 Å². The molecule has 7 rings (SSSR count). The number of carbonyl (C=O) groups is 3. The first kappa shape index (κ1) is 40.1. The fourth-order valence-electron chi connectivity index (χ4n) is 8.04. The van der Waals surface area contributed by atoms with E-state index >= 15 is 0 Å². The number of hydrogen-bond acceptors (Lipinski definition) is 8. The number of H-pyrrole nitrogens is 1. The minimum absolute atomic E-state index is 0.0122. The van der Waals surface area contributed by atoms with Crippen LogP contribution < -0.4 is 10.6 Å². The zero-order chi connectivity index (χ0) is 40.8. The molecule has 3 heterocycles. The Morgan fingerprint density at radius 2 is 1.71 bits per heavy atom. The number of fused-ring (bicyclic) bond motifs is 1. The highest BCUT2D eigenvalue weighted by molar-refractivity contribution is 5.98. The van der Waals surface area contributed by atoms with Gasteiger partial charge in [-0.25, -0.2) is 9.97 Å². The molecular formula is C46H52N8O4. The Morgan fingerprint density at radius 3 is 2.43 bits per heavy atom. The third-order valence-corrected chi connectivity index (χ3v) is 11.0. The molecule has 1 saturated heterocycles. The Morgan fingerprint density at radius 1 is 0.948 bits per heavy atom. The molecule has 58 heavy (non-hydrogen) atoms. The van der Waals surface area contributed by atoms with Gasteiger partial charge in [0.05, 0.1) is 29.7 Å². The molecule has 2 aromatic heterocycles. The first-order valence-corrected chi connectivity index (χ1v) is 20.0. The van der Waals surface area contributed by atoms with E-state index in [1.54, 1.807) is 11.1 Å². The Kier molecular flexibility index (Phi) is 12.4. The van der Waals surface area contributed by atoms with Gasteiger partial charge in [-0.15, -0.1) is 0 Å². The minimum atomic E-state index is -0.573. The van der Waals surface area contributed by atoms with Crippen molar-refractivity contribution < 1.29 is 18.8 Å². The summed E-state index contributed by atoms with van der Waals surface area (Å²) in [6, 6.07) is 31.4. The van der Waals surface area contributed by atoms with Crippen molar-refractivity contribution in [2.45, 2.75) is 63.7 Å². The van der Waals surface area contributed by atoms with Crippen molar-refractivity contribution in [3.05, 3.63) is 126 Å². The Labute approximate surface area is 339 Å². The molecule has 4 unspecified atom stereocenters. The van der Waals surface area contributed by atoms with Gasteiger partial charge in [-0.3, -0.25) is 19.3 Å². The number of anilines is 1. The van der Waals surface area contributed by atoms with E-state index in [1.807, 2.05) is 141 Å². The van der Waals surface area contributed by atoms with Crippen LogP contribution in [0.1, 0.15) is 62.1 Å². The van der Waals surface area contributed by atoms with Crippen molar-refractivity contribution in [2.24, 2.45) is 0 Å². The van der Waals surface area contributed by atoms with Crippen molar-refractivity contribution in [1.29, 1.82) is 0 Å². The van der Waals surface area contributed by atoms with Crippen LogP contribution in [0.25, 0.3) is 33.8 Å². The van der Waals surface area contributed by atoms with E-state index in [0.717, 1.165) is 40.6 Å². The number of benzene rings is 4. The number of amides is 3. The predicted molar refractivity (Wildman–Crippen MR) is 227 cm³/mol. The minimum Gasteiger partial charge on any atom is -0.436 e. The molecule has 4 aromatic carbocycles. The van der Waals surface area contributed by atoms with E-state index < -0.39 is 12.1 Å². The van der Waals surface area contributed by atoms with Gasteiger partial charge in [-0.05, 0) is 94.9 Å². The van der Waals surface area contributed by atoms with Gasteiger partial charge in [0.25, 0.3) is 0 Å². The first-order chi connectivity index (χ1) is 28.1. The highest BCUT2D eigenvalue weighted by atomic mass is 16.4. The molecule has 12 nitrogen and oxygen atoms in total. The summed E-state index contributed by atoms with van der Waals surface area (Å²) in [6.07, 6.45) is 4.14. The van der Waals surface area contributed by atoms with Crippen molar-refractivity contribution >= 4 is 34.4 Å². The molecule has 0 spiro atoms. The number of likely N-dealkylation sites (tertiary alicyclic amines) is 1. The smallest absolute Gasteiger partial charge is 0.247 e. The number of carbonyl (C=O) groups excluding carboxylic acids is 3. The summed E-state index contributed by atoms with van der Waals surface area (Å²) in [5.74, 6) is 1.43. The van der Waals surface area contributed by atoms with Crippen LogP contribution in [0.2, 0.25) is 0 Å². The summed E-state index contributed by atoms with van der Waals surface area (Å²) < 4.78 is 6.28. The van der Waals surface area contributed by atoms with E-state index in [9.17, 15) is 14.4 Å². The second-order valence-corrected chi connectivity index (χ2v) is 15.2. The van der Waals surface area contributed by atoms with Crippen LogP contribution in [0.5, 0.6) is 0 Å². The van der Waals surface area contributed by atoms with Gasteiger partial charge in [-0.2, -0.15) is 0 Å². The van der Waals surface area contributed by atoms with Gasteiger partial charge < -0.3 is 29.8 Å². The lowest BCUT2D eigenvalue weighted by Gasteiger charge is -2.35. The zero-order valence-corrected chi connectivity index (χ0v) is 33.8. The monoisotopic (exact) mass is 780 g/mol. The fourth-order valence-corrected chi connectivity index (χ4v) is 8.04. The van der Waals surface area contributed by atoms with Crippen molar-refractivity contribution in [3.63, 3.8) is 0 Å². The van der Waals surface area contributed by atoms with Crippen molar-refractivity contribution in [1.82, 2.24) is 35.0 Å². The van der Waals surface area contributed by atoms with Gasteiger partial charge >= 0.3 is 0 Å². The van der Waals surface area contributed by atoms with E-state index in [2.05, 4.69) is 27.5 Å². The molecule has 0 bridgehead atoms. The lowest BCUT2D eigenvalue weighted by atomic mass is 10.0. The molecule has 0 radical (unpaired) electrons. The Balaban J connectivity index is 1.06. The number of nitrogens with zero attached hydrogens (tertiary/aromatic N) is 5. The topological polar surface area (TPSA) is 140 Å². The number of likely N-dealkylation sites (N-methyl/N-ethyl adjacent to an activating group) is 2. The Bertz CT molecular complexity index is 2340. The maximum atomic E-state index is 13.8. The van der Waals surface area contributed by atoms with Crippen molar-refractivity contribution in [2.75, 3.05) is 39.5 Å². The number of oxazole rings is 1. The number of aromatic nitrogens is 3. The second-order valence-electron chi connectivity index (χ2n) is 15.2. The molecular weight excluding hydrogens is 729 g/mol. The van der Waals surface area contributed by atoms with Crippen LogP contribution in [0, 0.1) is 0 Å². The average molecular weight is 781 g/mol. The zero-order valence-electron chi connectivity index (χ0n) is 33.8. The highest BCUT2D eigenvalue weighted by Gasteiger charge is 2.38. The summed E-state index contributed by atoms with van der Waals surface area (Å²) in [5.41, 5.74) is 5.57. The summed E-state index contributed by atoms with van der Waals surface area (Å²) >= 11 is 0. The molecule has 3 amide bonds. The molecule has 0 aliphatic carbocycles. The third kappa shape index (κ3) is 8.73. The first-order valence-electron chi connectivity index (χ1n) is 20.0. The van der Waals surface area contributed by atoms with Gasteiger partial charge in [0.1, 0.15) is 17.9 Å². The maximum Gasteiger partial charge on any atom is 0.247 e. The van der Waals surface area contributed by atoms with Crippen LogP contribution in [-0.2, 0) is 20.8 Å². The predicted octanol–water partition coefficient (Wildman–Crippen LogP) is 7.25. The fraction of sp³-hybridized carbons (Fsp3) is 0.326. The van der Waals surface area contributed by atoms with Gasteiger partial charge in [0, 0.05) is 35.9 Å². The Hall–Kier alpha value is -6.11. The SMILES string of the molecule is CCC(CNC)N(C(=O)Cc1ccccc1)C(C)c1nc2ccc(-c3cnc(-c4cccc(NC(=O)C5CCCN5C(=O)C(c5ccccc5)N(C)C)c4)o3)cc2[nH]1. The van der Waals surface area contributed by atoms with Gasteiger partial charge in [-0.1, -0.05) is 73.7 Å². The maximum absolute atomic E-state index is 13.8. The van der Waals surface area contributed by atoms with Gasteiger partial charge in [0.2, 0.25) is 23.6 Å². The standard InChI is InChI=1S/C46H52N8O4/c1-6-36(28-47-3)54(41(55)25-31-15-9-7-10-16-31)30(2)43-50-37-23-22-33(27-38(37)51-43)40-29-48-45(58-40)34-19-13-20-35(26-34)49-44(56)39-21-14-24-53(39)46(57)42(52(4)5)32-17-11-8-12-18-32/h7-13,15-20,22-23,26-27,29-30,36,39,42,47H,6,14,21,24-25,28H2,1-5H3,(H,49,56)(H,50,51). The summed E-state index contributed by atoms with van der Waals surface area (Å²) in [5, 5.41) is 6.30. The van der Waals surface area contributed by atoms with E-state index in [-0.39, 0.29) is 29.8 Å². The molecule has 300 valence electrons. The van der Waals surface area contributed by atoms with Crippen LogP contribution in [0.3, 0.4) is 0 Å². The molecule has 6 aromatic rings. The number of imidazole rings is 1. The van der Waals surface area contributed by atoms with Crippen molar-refractivity contribution in [3.8, 4) is 22.8 Å². The number of rotatable bonds is 15. The molecule has 12 heteroatoms. The molecule has 1 fully saturated rings. The quantitative estimate of drug-likeness (QED) is 0.0991. The lowest BCUT2D eigenvalue weighted by Crippen LogP contribution is -2.47. The van der Waals surface area contributed by atoms with Crippen LogP contribution in [0.4, 0.5) is 5.69 Å². The molecule has 4 atom stereocenters. The summed E-state index contributed by atoms with van der Waals surface area (Å²) in [4.78, 5) is 59.9. The van der Waals surface area contributed by atoms with E-state index in [0.29, 0.717) is 54.7 Å².